The second-order valence-electron chi connectivity index (χ2n) is 6.44. The maximum atomic E-state index is 6.19. The van der Waals surface area contributed by atoms with E-state index in [9.17, 15) is 0 Å². The highest BCUT2D eigenvalue weighted by atomic mass is 35.5. The molecule has 0 spiro atoms. The normalized spacial score (nSPS) is 10.8. The van der Waals surface area contributed by atoms with Gasteiger partial charge < -0.3 is 39.8 Å². The zero-order valence-corrected chi connectivity index (χ0v) is 19.8. The molecule has 0 saturated heterocycles. The van der Waals surface area contributed by atoms with Gasteiger partial charge in [0.25, 0.3) is 0 Å². The van der Waals surface area contributed by atoms with Gasteiger partial charge in [0, 0.05) is 5.02 Å². The van der Waals surface area contributed by atoms with Gasteiger partial charge in [-0.1, -0.05) is 11.6 Å². The Morgan fingerprint density at radius 1 is 0.931 bits per heavy atom. The van der Waals surface area contributed by atoms with Gasteiger partial charge in [-0.3, -0.25) is 0 Å². The van der Waals surface area contributed by atoms with Crippen molar-refractivity contribution >= 4 is 62.3 Å². The molecule has 3 N–H and O–H groups in total. The summed E-state index contributed by atoms with van der Waals surface area (Å²) in [4.78, 5) is 6.19. The maximum Gasteiger partial charge on any atom is 0.148 e. The van der Waals surface area contributed by atoms with Gasteiger partial charge in [-0.05, 0) is 36.4 Å². The van der Waals surface area contributed by atoms with Crippen molar-refractivity contribution in [1.29, 1.82) is 0 Å². The van der Waals surface area contributed by atoms with Crippen molar-refractivity contribution in [2.45, 2.75) is 0 Å². The van der Waals surface area contributed by atoms with E-state index in [1.165, 1.54) is 10.6 Å². The van der Waals surface area contributed by atoms with Crippen LogP contribution in [0.2, 0.25) is 5.02 Å². The molecular formula is C20H24Cl5N3O. The molecular weight excluding hydrogens is 476 g/mol. The first-order valence-electron chi connectivity index (χ1n) is 9.02. The van der Waals surface area contributed by atoms with E-state index >= 15 is 0 Å². The van der Waals surface area contributed by atoms with Crippen molar-refractivity contribution in [2.24, 2.45) is 0 Å². The summed E-state index contributed by atoms with van der Waals surface area (Å²) in [6.07, 6.45) is 0. The van der Waals surface area contributed by atoms with Crippen LogP contribution in [0, 0.1) is 0 Å². The first kappa shape index (κ1) is 26.3. The first-order valence-corrected chi connectivity index (χ1v) is 10.5. The molecule has 0 unspecified atom stereocenters. The number of hydrogen-bond acceptors (Lipinski definition) is 2. The van der Waals surface area contributed by atoms with Crippen molar-refractivity contribution in [2.75, 3.05) is 45.0 Å². The SMILES string of the molecule is COc1ccc2nc3cc(Cl)ccc3c([NH2+]CC[NH+](CCCl)CCCl)c2c1.[Cl-].[Cl-]. The number of nitrogens with two attached hydrogens (primary N) is 1. The molecule has 2 aromatic carbocycles. The minimum atomic E-state index is 0. The van der Waals surface area contributed by atoms with Gasteiger partial charge in [0.15, 0.2) is 0 Å². The van der Waals surface area contributed by atoms with Gasteiger partial charge in [-0.2, -0.15) is 0 Å². The summed E-state index contributed by atoms with van der Waals surface area (Å²) < 4.78 is 5.42. The Balaban J connectivity index is 0.00000210. The van der Waals surface area contributed by atoms with Crippen molar-refractivity contribution in [3.8, 4) is 5.75 Å². The molecule has 0 atom stereocenters. The minimum Gasteiger partial charge on any atom is -1.00 e. The van der Waals surface area contributed by atoms with Gasteiger partial charge in [0.1, 0.15) is 24.5 Å². The van der Waals surface area contributed by atoms with E-state index < -0.39 is 0 Å². The molecule has 1 aromatic heterocycles. The molecule has 3 aromatic rings. The van der Waals surface area contributed by atoms with Gasteiger partial charge in [0.2, 0.25) is 0 Å². The van der Waals surface area contributed by atoms with E-state index in [-0.39, 0.29) is 24.8 Å². The zero-order chi connectivity index (χ0) is 19.2. The average molecular weight is 500 g/mol. The van der Waals surface area contributed by atoms with Crippen LogP contribution in [-0.4, -0.2) is 50.0 Å². The Bertz CT molecular complexity index is 919. The standard InChI is InChI=1S/C20H22Cl3N3O.2ClH/c1-27-15-3-5-18-17(13-15)20(16-4-2-14(23)12-19(16)25-18)24-8-11-26(9-6-21)10-7-22;;/h2-5,12-13H,6-11H2,1H3,(H,24,25);2*1H. The van der Waals surface area contributed by atoms with Crippen molar-refractivity contribution in [3.05, 3.63) is 41.4 Å². The number of hydrogen-bond donors (Lipinski definition) is 2. The summed E-state index contributed by atoms with van der Waals surface area (Å²) in [5.74, 6) is 2.11. The fraction of sp³-hybridized carbons (Fsp3) is 0.350. The summed E-state index contributed by atoms with van der Waals surface area (Å²) in [6, 6.07) is 11.8. The van der Waals surface area contributed by atoms with E-state index in [0.717, 1.165) is 53.7 Å². The number of benzene rings is 2. The van der Waals surface area contributed by atoms with Gasteiger partial charge >= 0.3 is 0 Å². The number of methoxy groups -OCH3 is 1. The molecule has 4 nitrogen and oxygen atoms in total. The highest BCUT2D eigenvalue weighted by Gasteiger charge is 2.15. The van der Waals surface area contributed by atoms with Crippen LogP contribution in [-0.2, 0) is 0 Å². The van der Waals surface area contributed by atoms with E-state index in [1.54, 1.807) is 7.11 Å². The average Bonchev–Trinajstić information content (AvgIpc) is 2.67. The quantitative estimate of drug-likeness (QED) is 0.238. The Morgan fingerprint density at radius 3 is 2.31 bits per heavy atom. The highest BCUT2D eigenvalue weighted by Crippen LogP contribution is 2.31. The Hall–Kier alpha value is -0.720. The molecule has 0 radical (unpaired) electrons. The largest absolute Gasteiger partial charge is 1.00 e. The lowest BCUT2D eigenvalue weighted by atomic mass is 10.1. The molecule has 0 amide bonds. The molecule has 0 aliphatic heterocycles. The van der Waals surface area contributed by atoms with Crippen LogP contribution >= 0.6 is 34.8 Å². The summed E-state index contributed by atoms with van der Waals surface area (Å²) in [6.45, 7) is 3.76. The number of aromatic nitrogens is 1. The number of quaternary nitrogens is 2. The lowest BCUT2D eigenvalue weighted by Gasteiger charge is -2.17. The van der Waals surface area contributed by atoms with Crippen LogP contribution < -0.4 is 39.8 Å². The molecule has 0 fully saturated rings. The molecule has 9 heteroatoms. The minimum absolute atomic E-state index is 0. The first-order chi connectivity index (χ1) is 13.2. The summed E-state index contributed by atoms with van der Waals surface area (Å²) in [5, 5.41) is 5.15. The predicted molar refractivity (Wildman–Crippen MR) is 114 cm³/mol. The molecule has 1 heterocycles. The van der Waals surface area contributed by atoms with Crippen LogP contribution in [0.1, 0.15) is 0 Å². The van der Waals surface area contributed by atoms with Crippen LogP contribution in [0.25, 0.3) is 21.8 Å². The topological polar surface area (TPSA) is 43.2 Å². The molecule has 160 valence electrons. The highest BCUT2D eigenvalue weighted by molar-refractivity contribution is 6.31. The third-order valence-electron chi connectivity index (χ3n) is 4.73. The van der Waals surface area contributed by atoms with E-state index in [1.807, 2.05) is 36.4 Å². The number of alkyl halides is 2. The fourth-order valence-electron chi connectivity index (χ4n) is 3.34. The zero-order valence-electron chi connectivity index (χ0n) is 16.0. The van der Waals surface area contributed by atoms with E-state index in [4.69, 9.17) is 44.5 Å². The Kier molecular flexibility index (Phi) is 11.7. The summed E-state index contributed by atoms with van der Waals surface area (Å²) in [5.41, 5.74) is 3.00. The molecule has 3 rings (SSSR count). The van der Waals surface area contributed by atoms with Gasteiger partial charge in [-0.15, -0.1) is 23.2 Å². The monoisotopic (exact) mass is 497 g/mol. The van der Waals surface area contributed by atoms with Gasteiger partial charge in [0.05, 0.1) is 53.8 Å². The maximum absolute atomic E-state index is 6.19. The second-order valence-corrected chi connectivity index (χ2v) is 7.63. The number of pyridine rings is 1. The van der Waals surface area contributed by atoms with Crippen LogP contribution in [0.4, 0.5) is 5.69 Å². The fourth-order valence-corrected chi connectivity index (χ4v) is 4.04. The lowest BCUT2D eigenvalue weighted by molar-refractivity contribution is -0.904. The van der Waals surface area contributed by atoms with E-state index in [0.29, 0.717) is 16.8 Å². The lowest BCUT2D eigenvalue weighted by Crippen LogP contribution is -3.15. The summed E-state index contributed by atoms with van der Waals surface area (Å²) in [7, 11) is 1.68. The molecule has 0 bridgehead atoms. The Morgan fingerprint density at radius 2 is 1.66 bits per heavy atom. The number of fused-ring (bicyclic) bond motifs is 2. The van der Waals surface area contributed by atoms with Crippen molar-refractivity contribution in [3.63, 3.8) is 0 Å². The van der Waals surface area contributed by atoms with Crippen LogP contribution in [0.3, 0.4) is 0 Å². The summed E-state index contributed by atoms with van der Waals surface area (Å²) >= 11 is 18.0. The second kappa shape index (κ2) is 12.9. The molecule has 0 saturated carbocycles. The predicted octanol–water partition coefficient (Wildman–Crippen LogP) is -3.38. The van der Waals surface area contributed by atoms with Gasteiger partial charge in [-0.25, -0.2) is 4.98 Å². The number of nitrogens with zero attached hydrogens (tertiary/aromatic N) is 1. The van der Waals surface area contributed by atoms with E-state index in [2.05, 4.69) is 5.32 Å². The third-order valence-corrected chi connectivity index (χ3v) is 5.34. The Labute approximate surface area is 198 Å². The molecule has 0 aliphatic rings. The smallest absolute Gasteiger partial charge is 0.148 e. The van der Waals surface area contributed by atoms with Crippen molar-refractivity contribution < 1.29 is 39.8 Å². The molecule has 29 heavy (non-hydrogen) atoms. The molecule has 0 aliphatic carbocycles. The van der Waals surface area contributed by atoms with Crippen molar-refractivity contribution in [1.82, 2.24) is 4.98 Å². The number of halogens is 5. The van der Waals surface area contributed by atoms with Crippen LogP contribution in [0.15, 0.2) is 36.4 Å². The third kappa shape index (κ3) is 6.63. The van der Waals surface area contributed by atoms with Crippen LogP contribution in [0.5, 0.6) is 5.75 Å². The number of rotatable bonds is 9. The number of nitrogens with one attached hydrogen (secondary N) is 1. The number of ether oxygens (including phenoxy) is 1.